The lowest BCUT2D eigenvalue weighted by Gasteiger charge is -2.30. The van der Waals surface area contributed by atoms with E-state index in [1.165, 1.54) is 0 Å². The first-order valence-corrected chi connectivity index (χ1v) is 12.3. The number of rotatable bonds is 7. The summed E-state index contributed by atoms with van der Waals surface area (Å²) in [6.45, 7) is 3.35. The average molecular weight is 466 g/mol. The maximum atomic E-state index is 12.9. The Labute approximate surface area is 196 Å². The molecule has 4 heterocycles. The highest BCUT2D eigenvalue weighted by Gasteiger charge is 2.27. The molecule has 0 radical (unpaired) electrons. The number of thiophene rings is 1. The smallest absolute Gasteiger partial charge is 0.241 e. The van der Waals surface area contributed by atoms with Crippen LogP contribution in [-0.2, 0) is 22.7 Å². The molecule has 0 bridgehead atoms. The van der Waals surface area contributed by atoms with Gasteiger partial charge in [0.1, 0.15) is 0 Å². The van der Waals surface area contributed by atoms with Crippen molar-refractivity contribution in [2.45, 2.75) is 38.8 Å². The minimum absolute atomic E-state index is 0.0622. The first kappa shape index (κ1) is 21.8. The predicted octanol–water partition coefficient (Wildman–Crippen LogP) is 3.45. The molecule has 8 nitrogen and oxygen atoms in total. The van der Waals surface area contributed by atoms with Gasteiger partial charge in [-0.2, -0.15) is 4.98 Å². The number of carbonyl (C=O) groups is 2. The van der Waals surface area contributed by atoms with E-state index in [-0.39, 0.29) is 17.7 Å². The van der Waals surface area contributed by atoms with Gasteiger partial charge in [0.15, 0.2) is 0 Å². The van der Waals surface area contributed by atoms with E-state index in [0.717, 1.165) is 48.5 Å². The van der Waals surface area contributed by atoms with E-state index >= 15 is 0 Å². The molecular formula is C24H27N5O3S. The minimum atomic E-state index is -0.0678. The Bertz CT molecular complexity index is 1110. The molecule has 2 saturated heterocycles. The molecule has 0 spiro atoms. The van der Waals surface area contributed by atoms with E-state index in [1.807, 2.05) is 46.7 Å². The third-order valence-corrected chi connectivity index (χ3v) is 7.07. The molecule has 3 aromatic rings. The largest absolute Gasteiger partial charge is 0.352 e. The zero-order valence-electron chi connectivity index (χ0n) is 18.4. The molecule has 2 fully saturated rings. The fourth-order valence-electron chi connectivity index (χ4n) is 4.52. The lowest BCUT2D eigenvalue weighted by atomic mass is 9.97. The van der Waals surface area contributed by atoms with Crippen LogP contribution in [0.4, 0.5) is 5.69 Å². The van der Waals surface area contributed by atoms with Crippen LogP contribution in [0.2, 0.25) is 0 Å². The second-order valence-electron chi connectivity index (χ2n) is 8.60. The average Bonchev–Trinajstić information content (AvgIpc) is 3.60. The van der Waals surface area contributed by atoms with E-state index in [1.54, 1.807) is 11.3 Å². The number of aromatic nitrogens is 2. The number of anilines is 1. The topological polar surface area (TPSA) is 91.6 Å². The lowest BCUT2D eigenvalue weighted by molar-refractivity contribution is -0.127. The molecule has 2 aromatic heterocycles. The molecule has 2 aliphatic rings. The third-order valence-electron chi connectivity index (χ3n) is 6.21. The highest BCUT2D eigenvalue weighted by atomic mass is 32.1. The van der Waals surface area contributed by atoms with E-state index < -0.39 is 0 Å². The van der Waals surface area contributed by atoms with Gasteiger partial charge in [-0.1, -0.05) is 23.4 Å². The van der Waals surface area contributed by atoms with Gasteiger partial charge in [-0.3, -0.25) is 14.5 Å². The summed E-state index contributed by atoms with van der Waals surface area (Å²) in [4.78, 5) is 34.4. The van der Waals surface area contributed by atoms with Crippen LogP contribution in [0.3, 0.4) is 0 Å². The van der Waals surface area contributed by atoms with Crippen molar-refractivity contribution in [3.05, 3.63) is 53.2 Å². The van der Waals surface area contributed by atoms with Gasteiger partial charge in [-0.15, -0.1) is 11.3 Å². The number of benzene rings is 1. The molecule has 1 atom stereocenters. The van der Waals surface area contributed by atoms with Gasteiger partial charge in [-0.05, 0) is 54.9 Å². The van der Waals surface area contributed by atoms with E-state index in [9.17, 15) is 9.59 Å². The number of carbonyl (C=O) groups excluding carboxylic acids is 2. The van der Waals surface area contributed by atoms with Crippen LogP contribution in [0.5, 0.6) is 0 Å². The van der Waals surface area contributed by atoms with Gasteiger partial charge in [0, 0.05) is 31.7 Å². The second kappa shape index (κ2) is 9.84. The molecule has 2 aliphatic heterocycles. The van der Waals surface area contributed by atoms with Gasteiger partial charge >= 0.3 is 0 Å². The summed E-state index contributed by atoms with van der Waals surface area (Å²) in [5.41, 5.74) is 1.91. The van der Waals surface area contributed by atoms with Crippen molar-refractivity contribution in [2.24, 2.45) is 5.92 Å². The van der Waals surface area contributed by atoms with Gasteiger partial charge in [0.25, 0.3) is 0 Å². The molecule has 33 heavy (non-hydrogen) atoms. The molecule has 1 N–H and O–H groups in total. The molecule has 172 valence electrons. The summed E-state index contributed by atoms with van der Waals surface area (Å²) in [5, 5.41) is 9.15. The molecule has 2 amide bonds. The number of hydrogen-bond donors (Lipinski definition) is 1. The number of likely N-dealkylation sites (tertiary alicyclic amines) is 1. The fraction of sp³-hybridized carbons (Fsp3) is 0.417. The van der Waals surface area contributed by atoms with Crippen molar-refractivity contribution in [2.75, 3.05) is 24.5 Å². The molecule has 0 aliphatic carbocycles. The summed E-state index contributed by atoms with van der Waals surface area (Å²) in [7, 11) is 0. The second-order valence-corrected chi connectivity index (χ2v) is 9.55. The van der Waals surface area contributed by atoms with Crippen LogP contribution in [0.25, 0.3) is 10.7 Å². The normalized spacial score (nSPS) is 19.2. The van der Waals surface area contributed by atoms with Gasteiger partial charge in [-0.25, -0.2) is 0 Å². The van der Waals surface area contributed by atoms with Crippen LogP contribution in [0.15, 0.2) is 46.3 Å². The molecule has 1 aromatic carbocycles. The molecule has 1 unspecified atom stereocenters. The Morgan fingerprint density at radius 3 is 2.97 bits per heavy atom. The van der Waals surface area contributed by atoms with Crippen molar-refractivity contribution in [3.8, 4) is 10.7 Å². The first-order valence-electron chi connectivity index (χ1n) is 11.4. The third kappa shape index (κ3) is 5.15. The Morgan fingerprint density at radius 2 is 2.15 bits per heavy atom. The number of piperidine rings is 1. The standard InChI is InChI=1S/C24H27N5O3S/c30-22-9-3-11-29(22)19-7-1-5-17(13-19)14-25-24(31)18-6-2-10-28(15-18)16-21-26-23(27-32-21)20-8-4-12-33-20/h1,4-5,7-8,12-13,18H,2-3,6,9-11,14-16H2,(H,25,31). The van der Waals surface area contributed by atoms with Gasteiger partial charge < -0.3 is 14.7 Å². The Balaban J connectivity index is 1.14. The Kier molecular flexibility index (Phi) is 6.50. The maximum absolute atomic E-state index is 12.9. The van der Waals surface area contributed by atoms with Crippen molar-refractivity contribution in [3.63, 3.8) is 0 Å². The quantitative estimate of drug-likeness (QED) is 0.575. The zero-order chi connectivity index (χ0) is 22.6. The molecule has 9 heteroatoms. The molecule has 0 saturated carbocycles. The SMILES string of the molecule is O=C(NCc1cccc(N2CCCC2=O)c1)C1CCCN(Cc2nc(-c3cccs3)no2)C1. The van der Waals surface area contributed by atoms with Crippen LogP contribution < -0.4 is 10.2 Å². The summed E-state index contributed by atoms with van der Waals surface area (Å²) in [5.74, 6) is 1.35. The minimum Gasteiger partial charge on any atom is -0.352 e. The summed E-state index contributed by atoms with van der Waals surface area (Å²) in [6, 6.07) is 11.8. The first-order chi connectivity index (χ1) is 16.2. The summed E-state index contributed by atoms with van der Waals surface area (Å²) >= 11 is 1.58. The Morgan fingerprint density at radius 1 is 1.21 bits per heavy atom. The van der Waals surface area contributed by atoms with Crippen LogP contribution in [0, 0.1) is 5.92 Å². The number of hydrogen-bond acceptors (Lipinski definition) is 7. The van der Waals surface area contributed by atoms with E-state index in [2.05, 4.69) is 20.4 Å². The van der Waals surface area contributed by atoms with E-state index in [0.29, 0.717) is 37.8 Å². The van der Waals surface area contributed by atoms with Gasteiger partial charge in [0.05, 0.1) is 17.3 Å². The fourth-order valence-corrected chi connectivity index (χ4v) is 5.17. The number of nitrogens with one attached hydrogen (secondary N) is 1. The van der Waals surface area contributed by atoms with Crippen LogP contribution >= 0.6 is 11.3 Å². The molecule has 5 rings (SSSR count). The number of nitrogens with zero attached hydrogens (tertiary/aromatic N) is 4. The summed E-state index contributed by atoms with van der Waals surface area (Å²) in [6.07, 6.45) is 3.33. The van der Waals surface area contributed by atoms with Crippen LogP contribution in [0.1, 0.15) is 37.1 Å². The lowest BCUT2D eigenvalue weighted by Crippen LogP contribution is -2.42. The van der Waals surface area contributed by atoms with Gasteiger partial charge in [0.2, 0.25) is 23.5 Å². The van der Waals surface area contributed by atoms with Crippen molar-refractivity contribution in [1.29, 1.82) is 0 Å². The Hall–Kier alpha value is -3.04. The van der Waals surface area contributed by atoms with Crippen molar-refractivity contribution in [1.82, 2.24) is 20.4 Å². The molecular weight excluding hydrogens is 438 g/mol. The summed E-state index contributed by atoms with van der Waals surface area (Å²) < 4.78 is 5.43. The number of amides is 2. The van der Waals surface area contributed by atoms with E-state index in [4.69, 9.17) is 4.52 Å². The van der Waals surface area contributed by atoms with Crippen LogP contribution in [-0.4, -0.2) is 46.5 Å². The van der Waals surface area contributed by atoms with Crippen molar-refractivity contribution >= 4 is 28.8 Å². The van der Waals surface area contributed by atoms with Crippen molar-refractivity contribution < 1.29 is 14.1 Å². The maximum Gasteiger partial charge on any atom is 0.241 e. The monoisotopic (exact) mass is 465 g/mol. The zero-order valence-corrected chi connectivity index (χ0v) is 19.2. The highest BCUT2D eigenvalue weighted by Crippen LogP contribution is 2.24. The predicted molar refractivity (Wildman–Crippen MR) is 125 cm³/mol. The highest BCUT2D eigenvalue weighted by molar-refractivity contribution is 7.13.